The standard InChI is InChI=1S/C16H29N5O3.ClH/c1-10(2)8-13(17)15(24)21(14(23)11-5-6-11)12(9-22)4-3-7-20-16(18)19;/h9-13H,3-8,17H2,1-2H3,(H4,18,19,20);1H/t12-,13-;/m0./s1. The van der Waals surface area contributed by atoms with Crippen LogP contribution in [0.5, 0.6) is 0 Å². The lowest BCUT2D eigenvalue weighted by atomic mass is 10.0. The number of rotatable bonds is 10. The van der Waals surface area contributed by atoms with Gasteiger partial charge in [0.15, 0.2) is 5.96 Å². The van der Waals surface area contributed by atoms with Gasteiger partial charge in [0.2, 0.25) is 11.8 Å². The minimum absolute atomic E-state index is 0. The first-order valence-corrected chi connectivity index (χ1v) is 8.43. The van der Waals surface area contributed by atoms with Crippen LogP contribution in [0.15, 0.2) is 0 Å². The predicted molar refractivity (Wildman–Crippen MR) is 98.3 cm³/mol. The van der Waals surface area contributed by atoms with Crippen molar-refractivity contribution >= 4 is 36.5 Å². The van der Waals surface area contributed by atoms with Crippen LogP contribution in [0.25, 0.3) is 0 Å². The molecule has 0 radical (unpaired) electrons. The van der Waals surface area contributed by atoms with E-state index in [0.717, 1.165) is 17.7 Å². The first kappa shape index (κ1) is 23.3. The Morgan fingerprint density at radius 1 is 1.36 bits per heavy atom. The monoisotopic (exact) mass is 375 g/mol. The number of carbonyl (C=O) groups is 3. The molecule has 0 aromatic heterocycles. The van der Waals surface area contributed by atoms with E-state index in [0.29, 0.717) is 32.1 Å². The molecule has 1 rings (SSSR count). The molecule has 0 heterocycles. The molecule has 6 N–H and O–H groups in total. The third kappa shape index (κ3) is 7.83. The summed E-state index contributed by atoms with van der Waals surface area (Å²) >= 11 is 0. The molecule has 2 amide bonds. The molecule has 0 bridgehead atoms. The van der Waals surface area contributed by atoms with Gasteiger partial charge in [0.1, 0.15) is 6.29 Å². The highest BCUT2D eigenvalue weighted by atomic mass is 35.5. The van der Waals surface area contributed by atoms with Crippen molar-refractivity contribution in [3.63, 3.8) is 0 Å². The van der Waals surface area contributed by atoms with Gasteiger partial charge in [-0.15, -0.1) is 12.4 Å². The Balaban J connectivity index is 0.00000576. The molecule has 0 aliphatic heterocycles. The first-order valence-electron chi connectivity index (χ1n) is 8.43. The minimum Gasteiger partial charge on any atom is -0.370 e. The van der Waals surface area contributed by atoms with E-state index in [1.54, 1.807) is 0 Å². The molecule has 0 unspecified atom stereocenters. The highest BCUT2D eigenvalue weighted by Gasteiger charge is 2.40. The smallest absolute Gasteiger partial charge is 0.246 e. The van der Waals surface area contributed by atoms with Gasteiger partial charge < -0.3 is 21.6 Å². The molecule has 2 atom stereocenters. The topological polar surface area (TPSA) is 142 Å². The maximum absolute atomic E-state index is 12.6. The molecule has 144 valence electrons. The van der Waals surface area contributed by atoms with E-state index in [1.165, 1.54) is 0 Å². The molecule has 1 aliphatic rings. The van der Waals surface area contributed by atoms with Gasteiger partial charge in [-0.3, -0.25) is 19.9 Å². The zero-order valence-corrected chi connectivity index (χ0v) is 15.7. The van der Waals surface area contributed by atoms with E-state index >= 15 is 0 Å². The van der Waals surface area contributed by atoms with Crippen LogP contribution in [-0.2, 0) is 14.4 Å². The van der Waals surface area contributed by atoms with E-state index in [9.17, 15) is 14.4 Å². The Labute approximate surface area is 155 Å². The van der Waals surface area contributed by atoms with Gasteiger partial charge in [0.25, 0.3) is 0 Å². The minimum atomic E-state index is -0.822. The SMILES string of the molecule is CC(C)C[C@H](N)C(=O)N(C(=O)C1CC1)[C@H](C=O)CCCNC(=N)N.Cl. The fourth-order valence-electron chi connectivity index (χ4n) is 2.54. The summed E-state index contributed by atoms with van der Waals surface area (Å²) in [6.07, 6.45) is 3.42. The van der Waals surface area contributed by atoms with Crippen molar-refractivity contribution in [1.29, 1.82) is 5.41 Å². The van der Waals surface area contributed by atoms with Crippen LogP contribution in [0, 0.1) is 17.2 Å². The second-order valence-electron chi connectivity index (χ2n) is 6.74. The summed E-state index contributed by atoms with van der Waals surface area (Å²) in [5, 5.41) is 9.73. The molecule has 0 aromatic carbocycles. The zero-order valence-electron chi connectivity index (χ0n) is 14.9. The molecule has 1 aliphatic carbocycles. The Morgan fingerprint density at radius 3 is 2.40 bits per heavy atom. The Bertz CT molecular complexity index is 482. The summed E-state index contributed by atoms with van der Waals surface area (Å²) in [4.78, 5) is 37.7. The van der Waals surface area contributed by atoms with Gasteiger partial charge in [0.05, 0.1) is 12.1 Å². The van der Waals surface area contributed by atoms with Crippen molar-refractivity contribution in [3.8, 4) is 0 Å². The van der Waals surface area contributed by atoms with Crippen LogP contribution in [0.4, 0.5) is 0 Å². The van der Waals surface area contributed by atoms with Crippen molar-refractivity contribution in [3.05, 3.63) is 0 Å². The average Bonchev–Trinajstić information content (AvgIpc) is 3.33. The number of aldehydes is 1. The first-order chi connectivity index (χ1) is 11.3. The fraction of sp³-hybridized carbons (Fsp3) is 0.750. The quantitative estimate of drug-likeness (QED) is 0.188. The van der Waals surface area contributed by atoms with Crippen molar-refractivity contribution in [2.75, 3.05) is 6.54 Å². The fourth-order valence-corrected chi connectivity index (χ4v) is 2.54. The normalized spacial score (nSPS) is 15.7. The Hall–Kier alpha value is -1.67. The lowest BCUT2D eigenvalue weighted by Gasteiger charge is -2.29. The van der Waals surface area contributed by atoms with Crippen LogP contribution >= 0.6 is 12.4 Å². The summed E-state index contributed by atoms with van der Waals surface area (Å²) in [5.41, 5.74) is 11.1. The van der Waals surface area contributed by atoms with E-state index in [1.807, 2.05) is 13.8 Å². The van der Waals surface area contributed by atoms with E-state index in [2.05, 4.69) is 5.32 Å². The van der Waals surface area contributed by atoms with E-state index in [4.69, 9.17) is 16.9 Å². The number of nitrogens with zero attached hydrogens (tertiary/aromatic N) is 1. The van der Waals surface area contributed by atoms with Gasteiger partial charge >= 0.3 is 0 Å². The van der Waals surface area contributed by atoms with Crippen molar-refractivity contribution in [1.82, 2.24) is 10.2 Å². The lowest BCUT2D eigenvalue weighted by Crippen LogP contribution is -2.53. The number of hydrogen-bond acceptors (Lipinski definition) is 5. The van der Waals surface area contributed by atoms with Crippen LogP contribution in [0.1, 0.15) is 46.0 Å². The molecule has 0 aromatic rings. The average molecular weight is 376 g/mol. The van der Waals surface area contributed by atoms with Gasteiger partial charge in [-0.25, -0.2) is 0 Å². The molecular weight excluding hydrogens is 346 g/mol. The van der Waals surface area contributed by atoms with Crippen LogP contribution in [-0.4, -0.2) is 47.6 Å². The third-order valence-corrected chi connectivity index (χ3v) is 3.92. The van der Waals surface area contributed by atoms with E-state index < -0.39 is 18.0 Å². The van der Waals surface area contributed by atoms with Gasteiger partial charge in [-0.2, -0.15) is 0 Å². The van der Waals surface area contributed by atoms with Gasteiger partial charge in [-0.05, 0) is 38.0 Å². The Kier molecular flexibility index (Phi) is 10.3. The Morgan fingerprint density at radius 2 is 1.96 bits per heavy atom. The number of nitrogens with one attached hydrogen (secondary N) is 2. The number of guanidine groups is 1. The van der Waals surface area contributed by atoms with E-state index in [-0.39, 0.29) is 36.1 Å². The highest BCUT2D eigenvalue weighted by Crippen LogP contribution is 2.32. The molecule has 0 spiro atoms. The van der Waals surface area contributed by atoms with Crippen molar-refractivity contribution in [2.24, 2.45) is 23.3 Å². The number of amides is 2. The van der Waals surface area contributed by atoms with Crippen molar-refractivity contribution in [2.45, 2.75) is 58.0 Å². The molecule has 1 fully saturated rings. The number of carbonyl (C=O) groups excluding carboxylic acids is 3. The van der Waals surface area contributed by atoms with Gasteiger partial charge in [0, 0.05) is 12.5 Å². The van der Waals surface area contributed by atoms with Crippen molar-refractivity contribution < 1.29 is 14.4 Å². The number of halogens is 1. The molecule has 1 saturated carbocycles. The number of nitrogens with two attached hydrogens (primary N) is 2. The molecule has 8 nitrogen and oxygen atoms in total. The maximum Gasteiger partial charge on any atom is 0.246 e. The molecule has 9 heteroatoms. The summed E-state index contributed by atoms with van der Waals surface area (Å²) in [5.74, 6) is -0.874. The summed E-state index contributed by atoms with van der Waals surface area (Å²) < 4.78 is 0. The van der Waals surface area contributed by atoms with Crippen LogP contribution in [0.3, 0.4) is 0 Å². The largest absolute Gasteiger partial charge is 0.370 e. The lowest BCUT2D eigenvalue weighted by molar-refractivity contribution is -0.151. The molecule has 0 saturated heterocycles. The van der Waals surface area contributed by atoms with Gasteiger partial charge in [-0.1, -0.05) is 13.8 Å². The third-order valence-electron chi connectivity index (χ3n) is 3.92. The van der Waals surface area contributed by atoms with Crippen LogP contribution in [0.2, 0.25) is 0 Å². The summed E-state index contributed by atoms with van der Waals surface area (Å²) in [7, 11) is 0. The summed E-state index contributed by atoms with van der Waals surface area (Å²) in [6.45, 7) is 4.30. The zero-order chi connectivity index (χ0) is 18.3. The molecule has 25 heavy (non-hydrogen) atoms. The highest BCUT2D eigenvalue weighted by molar-refractivity contribution is 6.01. The maximum atomic E-state index is 12.6. The van der Waals surface area contributed by atoms with Crippen LogP contribution < -0.4 is 16.8 Å². The molecular formula is C16H30ClN5O3. The number of imide groups is 1. The number of hydrogen-bond donors (Lipinski definition) is 4. The predicted octanol–water partition coefficient (Wildman–Crippen LogP) is 0.378. The second kappa shape index (κ2) is 11.0. The second-order valence-corrected chi connectivity index (χ2v) is 6.74. The summed E-state index contributed by atoms with van der Waals surface area (Å²) in [6, 6.07) is -1.61.